The lowest BCUT2D eigenvalue weighted by molar-refractivity contribution is -0.141. The van der Waals surface area contributed by atoms with Crippen LogP contribution in [0.1, 0.15) is 13.3 Å². The second-order valence-electron chi connectivity index (χ2n) is 4.08. The molecule has 0 aromatic carbocycles. The Morgan fingerprint density at radius 2 is 2.33 bits per heavy atom. The molecule has 0 spiro atoms. The topological polar surface area (TPSA) is 66.8 Å². The van der Waals surface area contributed by atoms with Crippen LogP contribution >= 0.6 is 0 Å². The van der Waals surface area contributed by atoms with Crippen LogP contribution in [0.5, 0.6) is 0 Å². The van der Waals surface area contributed by atoms with E-state index < -0.39 is 5.60 Å². The lowest BCUT2D eigenvalue weighted by atomic mass is 10.0. The molecule has 5 heteroatoms. The van der Waals surface area contributed by atoms with Crippen molar-refractivity contribution < 1.29 is 19.4 Å². The largest absolute Gasteiger partial charge is 0.386 e. The smallest absolute Gasteiger partial charge is 0.256 e. The van der Waals surface area contributed by atoms with E-state index in [2.05, 4.69) is 0 Å². The van der Waals surface area contributed by atoms with E-state index in [0.29, 0.717) is 18.6 Å². The Morgan fingerprint density at radius 3 is 2.80 bits per heavy atom. The van der Waals surface area contributed by atoms with Crippen LogP contribution in [-0.4, -0.2) is 47.2 Å². The molecule has 2 amide bonds. The molecule has 2 aliphatic heterocycles. The van der Waals surface area contributed by atoms with Gasteiger partial charge in [0, 0.05) is 24.7 Å². The minimum absolute atomic E-state index is 0.0263. The molecule has 0 aromatic rings. The number of nitrogens with zero attached hydrogens (tertiary/aromatic N) is 1. The van der Waals surface area contributed by atoms with Crippen LogP contribution in [-0.2, 0) is 14.3 Å². The van der Waals surface area contributed by atoms with Crippen LogP contribution in [0.15, 0.2) is 11.6 Å². The number of hydrogen-bond acceptors (Lipinski definition) is 4. The first-order valence-corrected chi connectivity index (χ1v) is 4.86. The van der Waals surface area contributed by atoms with Gasteiger partial charge >= 0.3 is 0 Å². The number of imide groups is 1. The van der Waals surface area contributed by atoms with Gasteiger partial charge in [0.25, 0.3) is 11.8 Å². The molecule has 1 unspecified atom stereocenters. The molecule has 0 aliphatic carbocycles. The zero-order chi connectivity index (χ0) is 11.1. The van der Waals surface area contributed by atoms with E-state index in [1.54, 1.807) is 6.92 Å². The lowest BCUT2D eigenvalue weighted by Gasteiger charge is -2.25. The molecular weight excluding hydrogens is 198 g/mol. The first-order chi connectivity index (χ1) is 7.02. The summed E-state index contributed by atoms with van der Waals surface area (Å²) in [5, 5.41) is 9.98. The van der Waals surface area contributed by atoms with Gasteiger partial charge in [-0.3, -0.25) is 14.5 Å². The van der Waals surface area contributed by atoms with Crippen LogP contribution in [0.25, 0.3) is 0 Å². The highest BCUT2D eigenvalue weighted by atomic mass is 16.5. The fourth-order valence-electron chi connectivity index (χ4n) is 1.80. The van der Waals surface area contributed by atoms with E-state index in [1.165, 1.54) is 6.08 Å². The first kappa shape index (κ1) is 10.3. The van der Waals surface area contributed by atoms with E-state index >= 15 is 0 Å². The maximum atomic E-state index is 11.5. The molecule has 82 valence electrons. The number of aliphatic hydroxyl groups is 1. The van der Waals surface area contributed by atoms with Gasteiger partial charge in [0.05, 0.1) is 13.2 Å². The van der Waals surface area contributed by atoms with Gasteiger partial charge in [-0.05, 0) is 6.92 Å². The number of carbonyl (C=O) groups is 2. The van der Waals surface area contributed by atoms with Gasteiger partial charge in [0.1, 0.15) is 5.60 Å². The summed E-state index contributed by atoms with van der Waals surface area (Å²) in [6, 6.07) is 0. The van der Waals surface area contributed by atoms with Crippen LogP contribution in [0, 0.1) is 0 Å². The van der Waals surface area contributed by atoms with Gasteiger partial charge in [-0.15, -0.1) is 0 Å². The molecule has 1 N–H and O–H groups in total. The number of β-amino-alcohol motifs (C(OH)–C–C–N with tert-alkyl or cyclic N) is 1. The maximum absolute atomic E-state index is 11.5. The van der Waals surface area contributed by atoms with Crippen molar-refractivity contribution in [1.82, 2.24) is 4.90 Å². The van der Waals surface area contributed by atoms with Crippen molar-refractivity contribution in [1.29, 1.82) is 0 Å². The Hall–Kier alpha value is -1.20. The summed E-state index contributed by atoms with van der Waals surface area (Å²) in [4.78, 5) is 24.0. The summed E-state index contributed by atoms with van der Waals surface area (Å²) < 4.78 is 5.05. The summed E-state index contributed by atoms with van der Waals surface area (Å²) in [5.74, 6) is -0.668. The highest BCUT2D eigenvalue weighted by molar-refractivity contribution is 6.15. The molecule has 2 heterocycles. The third-order valence-corrected chi connectivity index (χ3v) is 2.72. The quantitative estimate of drug-likeness (QED) is 0.622. The SMILES string of the molecule is CC1=CC(=O)N(CC2(O)CCOC2)C1=O. The van der Waals surface area contributed by atoms with Crippen molar-refractivity contribution in [3.8, 4) is 0 Å². The Labute approximate surface area is 87.3 Å². The number of rotatable bonds is 2. The second-order valence-corrected chi connectivity index (χ2v) is 4.08. The molecule has 1 saturated heterocycles. The fourth-order valence-corrected chi connectivity index (χ4v) is 1.80. The minimum Gasteiger partial charge on any atom is -0.386 e. The van der Waals surface area contributed by atoms with Crippen LogP contribution in [0.3, 0.4) is 0 Å². The Morgan fingerprint density at radius 1 is 1.60 bits per heavy atom. The predicted molar refractivity (Wildman–Crippen MR) is 50.9 cm³/mol. The van der Waals surface area contributed by atoms with Crippen LogP contribution < -0.4 is 0 Å². The number of ether oxygens (including phenoxy) is 1. The molecule has 5 nitrogen and oxygen atoms in total. The van der Waals surface area contributed by atoms with Gasteiger partial charge < -0.3 is 9.84 Å². The van der Waals surface area contributed by atoms with Crippen molar-refractivity contribution in [3.63, 3.8) is 0 Å². The standard InChI is InChI=1S/C10H13NO4/c1-7-4-8(12)11(9(7)13)5-10(14)2-3-15-6-10/h4,14H,2-3,5-6H2,1H3. The van der Waals surface area contributed by atoms with Gasteiger partial charge in [-0.25, -0.2) is 0 Å². The summed E-state index contributed by atoms with van der Waals surface area (Å²) >= 11 is 0. The van der Waals surface area contributed by atoms with Gasteiger partial charge in [0.2, 0.25) is 0 Å². The minimum atomic E-state index is -1.07. The van der Waals surface area contributed by atoms with E-state index in [0.717, 1.165) is 4.90 Å². The van der Waals surface area contributed by atoms with Gasteiger partial charge in [-0.1, -0.05) is 0 Å². The Kier molecular flexibility index (Phi) is 2.36. The summed E-state index contributed by atoms with van der Waals surface area (Å²) in [7, 11) is 0. The number of carbonyl (C=O) groups excluding carboxylic acids is 2. The van der Waals surface area contributed by atoms with E-state index in [-0.39, 0.29) is 25.0 Å². The zero-order valence-corrected chi connectivity index (χ0v) is 8.52. The highest BCUT2D eigenvalue weighted by Gasteiger charge is 2.39. The van der Waals surface area contributed by atoms with Crippen molar-refractivity contribution in [2.75, 3.05) is 19.8 Å². The molecule has 0 bridgehead atoms. The van der Waals surface area contributed by atoms with Gasteiger partial charge in [-0.2, -0.15) is 0 Å². The second kappa shape index (κ2) is 3.43. The van der Waals surface area contributed by atoms with E-state index in [9.17, 15) is 14.7 Å². The van der Waals surface area contributed by atoms with E-state index in [1.807, 2.05) is 0 Å². The van der Waals surface area contributed by atoms with Crippen LogP contribution in [0.4, 0.5) is 0 Å². The maximum Gasteiger partial charge on any atom is 0.256 e. The molecule has 15 heavy (non-hydrogen) atoms. The summed E-state index contributed by atoms with van der Waals surface area (Å²) in [5.41, 5.74) is -0.647. The van der Waals surface area contributed by atoms with Crippen molar-refractivity contribution in [3.05, 3.63) is 11.6 Å². The number of amides is 2. The molecule has 0 aromatic heterocycles. The third kappa shape index (κ3) is 1.80. The summed E-state index contributed by atoms with van der Waals surface area (Å²) in [6.07, 6.45) is 1.75. The molecule has 0 radical (unpaired) electrons. The average Bonchev–Trinajstić information content (AvgIpc) is 2.68. The molecule has 2 aliphatic rings. The van der Waals surface area contributed by atoms with Crippen molar-refractivity contribution >= 4 is 11.8 Å². The average molecular weight is 211 g/mol. The first-order valence-electron chi connectivity index (χ1n) is 4.86. The van der Waals surface area contributed by atoms with Gasteiger partial charge in [0.15, 0.2) is 0 Å². The van der Waals surface area contributed by atoms with Crippen molar-refractivity contribution in [2.45, 2.75) is 18.9 Å². The Balaban J connectivity index is 2.07. The lowest BCUT2D eigenvalue weighted by Crippen LogP contribution is -2.46. The predicted octanol–water partition coefficient (Wildman–Crippen LogP) is -0.547. The molecule has 1 atom stereocenters. The molecule has 2 rings (SSSR count). The third-order valence-electron chi connectivity index (χ3n) is 2.72. The monoisotopic (exact) mass is 211 g/mol. The normalized spacial score (nSPS) is 31.3. The van der Waals surface area contributed by atoms with Crippen molar-refractivity contribution in [2.24, 2.45) is 0 Å². The number of hydrogen-bond donors (Lipinski definition) is 1. The zero-order valence-electron chi connectivity index (χ0n) is 8.52. The highest BCUT2D eigenvalue weighted by Crippen LogP contribution is 2.22. The van der Waals surface area contributed by atoms with Crippen LogP contribution in [0.2, 0.25) is 0 Å². The molecule has 1 fully saturated rings. The summed E-state index contributed by atoms with van der Waals surface area (Å²) in [6.45, 7) is 2.27. The fraction of sp³-hybridized carbons (Fsp3) is 0.600. The molecular formula is C10H13NO4. The molecule has 0 saturated carbocycles. The van der Waals surface area contributed by atoms with E-state index in [4.69, 9.17) is 4.74 Å². The Bertz CT molecular complexity index is 341.